The summed E-state index contributed by atoms with van der Waals surface area (Å²) in [4.78, 5) is 11.8. The molecule has 0 bridgehead atoms. The normalized spacial score (nSPS) is 10.5. The Morgan fingerprint density at radius 2 is 1.94 bits per heavy atom. The fraction of sp³-hybridized carbons (Fsp3) is 0.267. The SMILES string of the molecule is CCCC(=O)c1oc(-c2ccccc2)cc1C. The van der Waals surface area contributed by atoms with Crippen LogP contribution in [0.5, 0.6) is 0 Å². The molecule has 0 amide bonds. The lowest BCUT2D eigenvalue weighted by atomic mass is 10.1. The molecule has 0 aliphatic rings. The van der Waals surface area contributed by atoms with E-state index in [1.165, 1.54) is 0 Å². The van der Waals surface area contributed by atoms with Crippen molar-refractivity contribution >= 4 is 5.78 Å². The van der Waals surface area contributed by atoms with Gasteiger partial charge in [-0.25, -0.2) is 0 Å². The number of ketones is 1. The van der Waals surface area contributed by atoms with E-state index in [-0.39, 0.29) is 5.78 Å². The minimum atomic E-state index is 0.0900. The summed E-state index contributed by atoms with van der Waals surface area (Å²) in [5, 5.41) is 0. The maximum absolute atomic E-state index is 11.8. The van der Waals surface area contributed by atoms with Crippen LogP contribution in [0.15, 0.2) is 40.8 Å². The zero-order valence-corrected chi connectivity index (χ0v) is 10.2. The van der Waals surface area contributed by atoms with Crippen molar-refractivity contribution in [3.05, 3.63) is 47.7 Å². The van der Waals surface area contributed by atoms with Crippen molar-refractivity contribution < 1.29 is 9.21 Å². The third-order valence-corrected chi connectivity index (χ3v) is 2.71. The number of carbonyl (C=O) groups is 1. The lowest BCUT2D eigenvalue weighted by Crippen LogP contribution is -1.97. The first-order chi connectivity index (χ1) is 8.22. The van der Waals surface area contributed by atoms with Crippen molar-refractivity contribution in [1.29, 1.82) is 0 Å². The summed E-state index contributed by atoms with van der Waals surface area (Å²) in [6, 6.07) is 11.8. The quantitative estimate of drug-likeness (QED) is 0.733. The molecular formula is C15H16O2. The van der Waals surface area contributed by atoms with Crippen LogP contribution in [0.1, 0.15) is 35.9 Å². The van der Waals surface area contributed by atoms with Crippen molar-refractivity contribution in [2.24, 2.45) is 0 Å². The monoisotopic (exact) mass is 228 g/mol. The van der Waals surface area contributed by atoms with Gasteiger partial charge in [-0.15, -0.1) is 0 Å². The number of furan rings is 1. The van der Waals surface area contributed by atoms with Gasteiger partial charge in [0.15, 0.2) is 11.5 Å². The molecule has 0 spiro atoms. The first-order valence-corrected chi connectivity index (χ1v) is 5.91. The fourth-order valence-corrected chi connectivity index (χ4v) is 1.84. The number of carbonyl (C=O) groups excluding carboxylic acids is 1. The summed E-state index contributed by atoms with van der Waals surface area (Å²) in [6.45, 7) is 3.91. The standard InChI is InChI=1S/C15H16O2/c1-3-7-13(16)15-11(2)10-14(17-15)12-8-5-4-6-9-12/h4-6,8-10H,3,7H2,1-2H3. The van der Waals surface area contributed by atoms with E-state index in [0.717, 1.165) is 23.3 Å². The Labute approximate surface area is 101 Å². The van der Waals surface area contributed by atoms with Crippen molar-refractivity contribution in [3.8, 4) is 11.3 Å². The predicted molar refractivity (Wildman–Crippen MR) is 68.1 cm³/mol. The van der Waals surface area contributed by atoms with Crippen molar-refractivity contribution in [2.75, 3.05) is 0 Å². The molecule has 0 radical (unpaired) electrons. The topological polar surface area (TPSA) is 30.2 Å². The summed E-state index contributed by atoms with van der Waals surface area (Å²) in [6.07, 6.45) is 1.39. The van der Waals surface area contributed by atoms with E-state index in [0.29, 0.717) is 12.2 Å². The van der Waals surface area contributed by atoms with Crippen molar-refractivity contribution in [1.82, 2.24) is 0 Å². The molecule has 2 heteroatoms. The minimum Gasteiger partial charge on any atom is -0.453 e. The Kier molecular flexibility index (Phi) is 3.43. The highest BCUT2D eigenvalue weighted by molar-refractivity contribution is 5.95. The number of aryl methyl sites for hydroxylation is 1. The van der Waals surface area contributed by atoms with E-state index < -0.39 is 0 Å². The van der Waals surface area contributed by atoms with Gasteiger partial charge in [0, 0.05) is 12.0 Å². The largest absolute Gasteiger partial charge is 0.453 e. The molecule has 2 aromatic rings. The number of Topliss-reactive ketones (excluding diaryl/α,β-unsaturated/α-hetero) is 1. The summed E-state index contributed by atoms with van der Waals surface area (Å²) in [5.41, 5.74) is 1.92. The van der Waals surface area contributed by atoms with Crippen LogP contribution < -0.4 is 0 Å². The molecule has 0 fully saturated rings. The van der Waals surface area contributed by atoms with Gasteiger partial charge in [0.2, 0.25) is 0 Å². The maximum Gasteiger partial charge on any atom is 0.198 e. The van der Waals surface area contributed by atoms with Crippen molar-refractivity contribution in [2.45, 2.75) is 26.7 Å². The molecular weight excluding hydrogens is 212 g/mol. The number of hydrogen-bond acceptors (Lipinski definition) is 2. The molecule has 17 heavy (non-hydrogen) atoms. The predicted octanol–water partition coefficient (Wildman–Crippen LogP) is 4.24. The van der Waals surface area contributed by atoms with E-state index in [1.807, 2.05) is 50.2 Å². The van der Waals surface area contributed by atoms with E-state index in [2.05, 4.69) is 0 Å². The van der Waals surface area contributed by atoms with E-state index >= 15 is 0 Å². The Hall–Kier alpha value is -1.83. The molecule has 0 aliphatic carbocycles. The number of rotatable bonds is 4. The average molecular weight is 228 g/mol. The van der Waals surface area contributed by atoms with Crippen LogP contribution >= 0.6 is 0 Å². The molecule has 0 N–H and O–H groups in total. The number of hydrogen-bond donors (Lipinski definition) is 0. The van der Waals surface area contributed by atoms with Gasteiger partial charge >= 0.3 is 0 Å². The van der Waals surface area contributed by atoms with Gasteiger partial charge in [-0.05, 0) is 25.0 Å². The molecule has 0 saturated carbocycles. The first kappa shape index (κ1) is 11.6. The van der Waals surface area contributed by atoms with Gasteiger partial charge in [-0.2, -0.15) is 0 Å². The zero-order valence-electron chi connectivity index (χ0n) is 10.2. The molecule has 2 rings (SSSR count). The first-order valence-electron chi connectivity index (χ1n) is 5.91. The van der Waals surface area contributed by atoms with Crippen LogP contribution in [0.2, 0.25) is 0 Å². The zero-order chi connectivity index (χ0) is 12.3. The third kappa shape index (κ3) is 2.47. The second-order valence-corrected chi connectivity index (χ2v) is 4.16. The summed E-state index contributed by atoms with van der Waals surface area (Å²) in [7, 11) is 0. The van der Waals surface area contributed by atoms with Gasteiger partial charge in [0.05, 0.1) is 0 Å². The third-order valence-electron chi connectivity index (χ3n) is 2.71. The molecule has 2 nitrogen and oxygen atoms in total. The highest BCUT2D eigenvalue weighted by Gasteiger charge is 2.15. The van der Waals surface area contributed by atoms with E-state index in [9.17, 15) is 4.79 Å². The Bertz CT molecular complexity index is 509. The minimum absolute atomic E-state index is 0.0900. The molecule has 0 aliphatic heterocycles. The van der Waals surface area contributed by atoms with Crippen LogP contribution in [0.4, 0.5) is 0 Å². The lowest BCUT2D eigenvalue weighted by molar-refractivity contribution is 0.0955. The lowest BCUT2D eigenvalue weighted by Gasteiger charge is -1.96. The van der Waals surface area contributed by atoms with Gasteiger partial charge in [-0.3, -0.25) is 4.79 Å². The molecule has 0 unspecified atom stereocenters. The second-order valence-electron chi connectivity index (χ2n) is 4.16. The smallest absolute Gasteiger partial charge is 0.198 e. The highest BCUT2D eigenvalue weighted by Crippen LogP contribution is 2.26. The van der Waals surface area contributed by atoms with Gasteiger partial charge < -0.3 is 4.42 Å². The Morgan fingerprint density at radius 3 is 2.59 bits per heavy atom. The molecule has 1 aromatic heterocycles. The van der Waals surface area contributed by atoms with Gasteiger partial charge in [-0.1, -0.05) is 37.3 Å². The van der Waals surface area contributed by atoms with E-state index in [1.54, 1.807) is 0 Å². The second kappa shape index (κ2) is 5.00. The van der Waals surface area contributed by atoms with Crippen LogP contribution in [-0.4, -0.2) is 5.78 Å². The summed E-state index contributed by atoms with van der Waals surface area (Å²) >= 11 is 0. The highest BCUT2D eigenvalue weighted by atomic mass is 16.3. The average Bonchev–Trinajstić information content (AvgIpc) is 2.73. The molecule has 88 valence electrons. The fourth-order valence-electron chi connectivity index (χ4n) is 1.84. The molecule has 1 heterocycles. The van der Waals surface area contributed by atoms with Gasteiger partial charge in [0.25, 0.3) is 0 Å². The van der Waals surface area contributed by atoms with Crippen molar-refractivity contribution in [3.63, 3.8) is 0 Å². The molecule has 0 saturated heterocycles. The molecule has 1 aromatic carbocycles. The van der Waals surface area contributed by atoms with E-state index in [4.69, 9.17) is 4.42 Å². The summed E-state index contributed by atoms with van der Waals surface area (Å²) in [5.74, 6) is 1.36. The Balaban J connectivity index is 2.34. The number of benzene rings is 1. The molecule has 0 atom stereocenters. The van der Waals surface area contributed by atoms with Gasteiger partial charge in [0.1, 0.15) is 5.76 Å². The van der Waals surface area contributed by atoms with Crippen LogP contribution in [0, 0.1) is 6.92 Å². The summed E-state index contributed by atoms with van der Waals surface area (Å²) < 4.78 is 5.67. The Morgan fingerprint density at radius 1 is 1.24 bits per heavy atom. The van der Waals surface area contributed by atoms with Crippen LogP contribution in [-0.2, 0) is 0 Å². The maximum atomic E-state index is 11.8. The van der Waals surface area contributed by atoms with Crippen LogP contribution in [0.3, 0.4) is 0 Å². The van der Waals surface area contributed by atoms with Crippen LogP contribution in [0.25, 0.3) is 11.3 Å².